The number of rotatable bonds is 39. The Hall–Kier alpha value is -4.72. The van der Waals surface area contributed by atoms with Crippen molar-refractivity contribution >= 4 is 11.9 Å². The summed E-state index contributed by atoms with van der Waals surface area (Å²) < 4.78 is 45.9. The number of aryl methyl sites for hydroxylation is 4. The topological polar surface area (TPSA) is 195 Å². The standard InChI is InChI=1S/C67H102N2O14/c1-50-46-52(48-59(64(50)74)66(3,4)5)14-24-61(72)82-44-42-78-34-28-68(26-32-76-38-40-80-36-30-70)57-20-16-55(17-21-57)63(54-12-10-9-11-13-54)56-18-22-58(23-19-56)69(27-33-77-39-41-81-37-31-71)29-35-79-43-45-83-62(73)25-15-53-47-51(2)65(75)60(49-53)67(6,7)8/h10,12,16-20,22,46-49,54,57-58,63,70-71,74-75H,9,11,13-15,21,23-45H2,1-8H3. The number of benzene rings is 2. The highest BCUT2D eigenvalue weighted by molar-refractivity contribution is 5.70. The van der Waals surface area contributed by atoms with Gasteiger partial charge in [-0.15, -0.1) is 0 Å². The number of allylic oxidation sites excluding steroid dienone is 6. The highest BCUT2D eigenvalue weighted by Gasteiger charge is 2.31. The van der Waals surface area contributed by atoms with Crippen LogP contribution in [0.3, 0.4) is 0 Å². The van der Waals surface area contributed by atoms with Crippen molar-refractivity contribution in [3.63, 3.8) is 0 Å². The summed E-state index contributed by atoms with van der Waals surface area (Å²) in [6, 6.07) is 8.11. The molecule has 83 heavy (non-hydrogen) atoms. The normalized spacial score (nSPS) is 17.8. The molecule has 0 amide bonds. The lowest BCUT2D eigenvalue weighted by Crippen LogP contribution is -2.40. The maximum atomic E-state index is 12.7. The lowest BCUT2D eigenvalue weighted by Gasteiger charge is -2.36. The van der Waals surface area contributed by atoms with Crippen LogP contribution in [0.5, 0.6) is 11.5 Å². The maximum absolute atomic E-state index is 12.7. The van der Waals surface area contributed by atoms with Crippen LogP contribution in [0.15, 0.2) is 84.0 Å². The zero-order valence-electron chi connectivity index (χ0n) is 51.5. The molecule has 3 atom stereocenters. The number of aliphatic hydroxyl groups is 2. The van der Waals surface area contributed by atoms with Gasteiger partial charge in [0.25, 0.3) is 0 Å². The van der Waals surface area contributed by atoms with E-state index in [4.69, 9.17) is 48.1 Å². The molecule has 464 valence electrons. The van der Waals surface area contributed by atoms with E-state index in [1.54, 1.807) is 0 Å². The van der Waals surface area contributed by atoms with Crippen LogP contribution in [0.25, 0.3) is 0 Å². The highest BCUT2D eigenvalue weighted by Crippen LogP contribution is 2.40. The van der Waals surface area contributed by atoms with Gasteiger partial charge in [-0.3, -0.25) is 19.4 Å². The van der Waals surface area contributed by atoms with Gasteiger partial charge in [0.15, 0.2) is 0 Å². The average Bonchev–Trinajstić information content (AvgIpc) is 3.46. The Labute approximate surface area is 496 Å². The van der Waals surface area contributed by atoms with Crippen molar-refractivity contribution in [2.45, 2.75) is 136 Å². The molecule has 3 aliphatic rings. The molecule has 0 radical (unpaired) electrons. The zero-order valence-corrected chi connectivity index (χ0v) is 51.5. The third-order valence-electron chi connectivity index (χ3n) is 15.4. The van der Waals surface area contributed by atoms with Gasteiger partial charge in [-0.25, -0.2) is 0 Å². The van der Waals surface area contributed by atoms with Crippen molar-refractivity contribution in [2.75, 3.05) is 132 Å². The van der Waals surface area contributed by atoms with Gasteiger partial charge in [0, 0.05) is 57.0 Å². The smallest absolute Gasteiger partial charge is 0.306 e. The van der Waals surface area contributed by atoms with E-state index >= 15 is 0 Å². The number of phenolic OH excluding ortho intramolecular Hbond substituents is 2. The van der Waals surface area contributed by atoms with E-state index in [2.05, 4.69) is 100.0 Å². The first-order valence-corrected chi connectivity index (χ1v) is 30.5. The third kappa shape index (κ3) is 24.7. The van der Waals surface area contributed by atoms with E-state index in [9.17, 15) is 19.8 Å². The Kier molecular flexibility index (Phi) is 30.8. The predicted octanol–water partition coefficient (Wildman–Crippen LogP) is 9.13. The van der Waals surface area contributed by atoms with Gasteiger partial charge in [-0.2, -0.15) is 0 Å². The largest absolute Gasteiger partial charge is 0.507 e. The van der Waals surface area contributed by atoms with Crippen molar-refractivity contribution in [3.05, 3.63) is 117 Å². The number of hydrogen-bond acceptors (Lipinski definition) is 16. The summed E-state index contributed by atoms with van der Waals surface area (Å²) in [6.07, 6.45) is 25.5. The molecule has 3 aliphatic carbocycles. The number of hydrogen-bond donors (Lipinski definition) is 4. The van der Waals surface area contributed by atoms with Gasteiger partial charge >= 0.3 is 11.9 Å². The fourth-order valence-electron chi connectivity index (χ4n) is 10.9. The predicted molar refractivity (Wildman–Crippen MR) is 325 cm³/mol. The number of aromatic hydroxyl groups is 2. The fraction of sp³-hybridized carbons (Fsp3) is 0.642. The summed E-state index contributed by atoms with van der Waals surface area (Å²) in [6.45, 7) is 24.0. The number of nitrogens with zero attached hydrogens (tertiary/aromatic N) is 2. The number of ether oxygens (including phenoxy) is 8. The molecule has 0 saturated carbocycles. The maximum Gasteiger partial charge on any atom is 0.306 e. The second-order valence-corrected chi connectivity index (χ2v) is 24.0. The molecule has 0 aliphatic heterocycles. The minimum atomic E-state index is -0.281. The molecule has 0 fully saturated rings. The summed E-state index contributed by atoms with van der Waals surface area (Å²) >= 11 is 0. The van der Waals surface area contributed by atoms with Gasteiger partial charge in [0.2, 0.25) is 0 Å². The molecular formula is C67H102N2O14. The number of carbonyl (C=O) groups is 2. The molecule has 16 heteroatoms. The van der Waals surface area contributed by atoms with Crippen LogP contribution >= 0.6 is 0 Å². The van der Waals surface area contributed by atoms with E-state index in [1.807, 2.05) is 38.1 Å². The van der Waals surface area contributed by atoms with Crippen LogP contribution in [-0.4, -0.2) is 186 Å². The Morgan fingerprint density at radius 2 is 0.928 bits per heavy atom. The van der Waals surface area contributed by atoms with Gasteiger partial charge in [-0.1, -0.05) is 114 Å². The van der Waals surface area contributed by atoms with E-state index in [1.165, 1.54) is 11.1 Å². The molecule has 4 N–H and O–H groups in total. The second kappa shape index (κ2) is 37.0. The SMILES string of the molecule is Cc1cc(CCC(=O)OCCOCCN(CCOCCOCCO)C2C=CC(C(C3=CCC(N(CCOCCOCCO)CCOCCOC(=O)CCc4cc(C)c(O)c(C(C)(C)C)c4)C=C3)C3C=CCCC3)=CC2)cc(C(C)(C)C)c1O. The molecule has 0 spiro atoms. The zero-order chi connectivity index (χ0) is 60.0. The van der Waals surface area contributed by atoms with Gasteiger partial charge in [-0.05, 0) is 120 Å². The Morgan fingerprint density at radius 1 is 0.542 bits per heavy atom. The van der Waals surface area contributed by atoms with E-state index < -0.39 is 0 Å². The summed E-state index contributed by atoms with van der Waals surface area (Å²) in [4.78, 5) is 30.3. The third-order valence-corrected chi connectivity index (χ3v) is 15.4. The first-order valence-electron chi connectivity index (χ1n) is 30.5. The molecule has 2 aromatic rings. The number of aliphatic hydroxyl groups excluding tert-OH is 2. The minimum Gasteiger partial charge on any atom is -0.507 e. The molecule has 3 unspecified atom stereocenters. The number of esters is 2. The Balaban J connectivity index is 1.14. The van der Waals surface area contributed by atoms with E-state index in [0.717, 1.165) is 65.5 Å². The Morgan fingerprint density at radius 3 is 1.27 bits per heavy atom. The van der Waals surface area contributed by atoms with Crippen LogP contribution in [0.4, 0.5) is 0 Å². The van der Waals surface area contributed by atoms with E-state index in [-0.39, 0.29) is 93.3 Å². The molecule has 5 rings (SSSR count). The first kappa shape index (κ1) is 69.1. The van der Waals surface area contributed by atoms with Crippen LogP contribution in [-0.2, 0) is 71.2 Å². The summed E-state index contributed by atoms with van der Waals surface area (Å²) in [5.74, 6) is 0.636. The molecule has 0 saturated heterocycles. The van der Waals surface area contributed by atoms with Gasteiger partial charge in [0.05, 0.1) is 92.5 Å². The second-order valence-electron chi connectivity index (χ2n) is 24.0. The van der Waals surface area contributed by atoms with Crippen molar-refractivity contribution in [1.82, 2.24) is 9.80 Å². The first-order chi connectivity index (χ1) is 39.9. The minimum absolute atomic E-state index is 0.0228. The molecule has 0 aromatic heterocycles. The average molecular weight is 1160 g/mol. The Bertz CT molecular complexity index is 2260. The van der Waals surface area contributed by atoms with Crippen molar-refractivity contribution in [3.8, 4) is 11.5 Å². The molecule has 2 aromatic carbocycles. The van der Waals surface area contributed by atoms with Crippen LogP contribution in [0.1, 0.15) is 120 Å². The summed E-state index contributed by atoms with van der Waals surface area (Å²) in [5, 5.41) is 39.4. The lowest BCUT2D eigenvalue weighted by molar-refractivity contribution is -0.146. The van der Waals surface area contributed by atoms with E-state index in [0.29, 0.717) is 123 Å². The molecule has 16 nitrogen and oxygen atoms in total. The molecule has 0 bridgehead atoms. The monoisotopic (exact) mass is 1160 g/mol. The lowest BCUT2D eigenvalue weighted by atomic mass is 9.73. The summed E-state index contributed by atoms with van der Waals surface area (Å²) in [7, 11) is 0. The van der Waals surface area contributed by atoms with Gasteiger partial charge < -0.3 is 58.3 Å². The van der Waals surface area contributed by atoms with Crippen LogP contribution in [0.2, 0.25) is 0 Å². The number of phenols is 2. The summed E-state index contributed by atoms with van der Waals surface area (Å²) in [5.41, 5.74) is 7.54. The quantitative estimate of drug-likeness (QED) is 0.0281. The van der Waals surface area contributed by atoms with Crippen molar-refractivity contribution < 1.29 is 67.9 Å². The van der Waals surface area contributed by atoms with Crippen molar-refractivity contribution in [1.29, 1.82) is 0 Å². The highest BCUT2D eigenvalue weighted by atomic mass is 16.6. The van der Waals surface area contributed by atoms with Crippen LogP contribution in [0, 0.1) is 25.7 Å². The van der Waals surface area contributed by atoms with Crippen molar-refractivity contribution in [2.24, 2.45) is 11.8 Å². The number of carbonyl (C=O) groups excluding carboxylic acids is 2. The van der Waals surface area contributed by atoms with Crippen LogP contribution < -0.4 is 0 Å². The molecular weight excluding hydrogens is 1060 g/mol. The van der Waals surface area contributed by atoms with Gasteiger partial charge in [0.1, 0.15) is 24.7 Å². The fourth-order valence-corrected chi connectivity index (χ4v) is 10.9. The molecule has 0 heterocycles.